The molecule has 0 N–H and O–H groups in total. The molecule has 1 heterocycles. The van der Waals surface area contributed by atoms with Crippen molar-refractivity contribution in [2.45, 2.75) is 52.4 Å². The van der Waals surface area contributed by atoms with Crippen molar-refractivity contribution in [2.75, 3.05) is 54.5 Å². The number of likely N-dealkylation sites (tertiary alicyclic amines) is 1. The molecule has 4 heteroatoms. The number of hydrogen-bond donors (Lipinski definition) is 0. The molecular weight excluding hydrogens is 324 g/mol. The second-order valence-electron chi connectivity index (χ2n) is 8.38. The Hall–Kier alpha value is -1.00. The van der Waals surface area contributed by atoms with Crippen molar-refractivity contribution < 1.29 is 9.47 Å². The minimum atomic E-state index is -0.0803. The highest BCUT2D eigenvalue weighted by Gasteiger charge is 2.47. The molecule has 0 saturated carbocycles. The number of ether oxygens (including phenoxy) is 2. The van der Waals surface area contributed by atoms with E-state index in [1.165, 1.54) is 25.8 Å². The van der Waals surface area contributed by atoms with E-state index in [1.54, 1.807) is 0 Å². The Morgan fingerprint density at radius 2 is 1.73 bits per heavy atom. The van der Waals surface area contributed by atoms with Gasteiger partial charge in [0, 0.05) is 12.0 Å². The highest BCUT2D eigenvalue weighted by molar-refractivity contribution is 5.35. The molecule has 4 nitrogen and oxygen atoms in total. The van der Waals surface area contributed by atoms with Crippen molar-refractivity contribution in [3.8, 4) is 0 Å². The molecule has 1 aliphatic carbocycles. The van der Waals surface area contributed by atoms with Gasteiger partial charge >= 0.3 is 0 Å². The predicted octanol–water partition coefficient (Wildman–Crippen LogP) is 4.29. The smallest absolute Gasteiger partial charge is 0.106 e. The Labute approximate surface area is 161 Å². The van der Waals surface area contributed by atoms with Gasteiger partial charge in [0.2, 0.25) is 0 Å². The van der Waals surface area contributed by atoms with Crippen LogP contribution in [0.5, 0.6) is 0 Å². The van der Waals surface area contributed by atoms with Gasteiger partial charge < -0.3 is 19.3 Å². The fraction of sp³-hybridized carbons (Fsp3) is 0.818. The van der Waals surface area contributed by atoms with E-state index in [4.69, 9.17) is 9.47 Å². The van der Waals surface area contributed by atoms with Crippen molar-refractivity contribution in [1.82, 2.24) is 9.80 Å². The quantitative estimate of drug-likeness (QED) is 0.577. The first-order valence-electron chi connectivity index (χ1n) is 10.4. The second kappa shape index (κ2) is 9.27. The molecule has 0 unspecified atom stereocenters. The lowest BCUT2D eigenvalue weighted by molar-refractivity contribution is 0.0967. The average molecular weight is 365 g/mol. The van der Waals surface area contributed by atoms with Crippen LogP contribution in [0, 0.1) is 10.8 Å². The fourth-order valence-electron chi connectivity index (χ4n) is 4.70. The number of hydrogen-bond acceptors (Lipinski definition) is 4. The Morgan fingerprint density at radius 1 is 1.08 bits per heavy atom. The van der Waals surface area contributed by atoms with Crippen LogP contribution in [0.1, 0.15) is 52.4 Å². The van der Waals surface area contributed by atoms with Crippen molar-refractivity contribution in [3.05, 3.63) is 23.7 Å². The molecule has 0 aromatic heterocycles. The normalized spacial score (nSPS) is 29.2. The summed E-state index contributed by atoms with van der Waals surface area (Å²) in [6, 6.07) is 0. The van der Waals surface area contributed by atoms with E-state index in [1.807, 2.05) is 14.2 Å². The molecule has 1 spiro atoms. The molecule has 1 saturated heterocycles. The molecule has 0 aromatic rings. The number of nitrogens with zero attached hydrogens (tertiary/aromatic N) is 2. The Bertz CT molecular complexity index is 488. The van der Waals surface area contributed by atoms with Crippen LogP contribution in [-0.2, 0) is 9.47 Å². The maximum atomic E-state index is 5.98. The first kappa shape index (κ1) is 21.3. The molecule has 1 aliphatic heterocycles. The largest absolute Gasteiger partial charge is 0.500 e. The number of unbranched alkanes of at least 4 members (excludes halogenated alkanes) is 1. The van der Waals surface area contributed by atoms with Crippen LogP contribution in [0.25, 0.3) is 0 Å². The standard InChI is InChI=1S/C22H40N2O2/c1-7-9-11-22(8-2)19(25-5)16-21(17-20(22)26-6)12-15-24(18-21)14-10-13-23(3)4/h16-17H,7-15,18H2,1-6H3. The second-order valence-corrected chi connectivity index (χ2v) is 8.38. The Kier molecular flexibility index (Phi) is 7.60. The van der Waals surface area contributed by atoms with E-state index in [9.17, 15) is 0 Å². The first-order valence-corrected chi connectivity index (χ1v) is 10.4. The summed E-state index contributed by atoms with van der Waals surface area (Å²) in [6.07, 6.45) is 11.8. The summed E-state index contributed by atoms with van der Waals surface area (Å²) in [5.41, 5.74) is -0.0111. The summed E-state index contributed by atoms with van der Waals surface area (Å²) in [4.78, 5) is 4.86. The van der Waals surface area contributed by atoms with E-state index < -0.39 is 0 Å². The van der Waals surface area contributed by atoms with Crippen LogP contribution >= 0.6 is 0 Å². The van der Waals surface area contributed by atoms with Gasteiger partial charge in [-0.05, 0) is 71.6 Å². The molecule has 1 fully saturated rings. The fourth-order valence-corrected chi connectivity index (χ4v) is 4.70. The number of rotatable bonds is 10. The SMILES string of the molecule is CCCCC1(CC)C(OC)=CC2(C=C1OC)CCN(CCCN(C)C)C2. The first-order chi connectivity index (χ1) is 12.4. The monoisotopic (exact) mass is 364 g/mol. The average Bonchev–Trinajstić information content (AvgIpc) is 3.02. The summed E-state index contributed by atoms with van der Waals surface area (Å²) < 4.78 is 12.0. The van der Waals surface area contributed by atoms with Gasteiger partial charge in [-0.1, -0.05) is 26.7 Å². The number of methoxy groups -OCH3 is 2. The zero-order valence-corrected chi connectivity index (χ0v) is 17.9. The van der Waals surface area contributed by atoms with Gasteiger partial charge in [-0.25, -0.2) is 0 Å². The van der Waals surface area contributed by atoms with E-state index >= 15 is 0 Å². The van der Waals surface area contributed by atoms with Crippen LogP contribution in [-0.4, -0.2) is 64.3 Å². The lowest BCUT2D eigenvalue weighted by Gasteiger charge is -2.42. The minimum absolute atomic E-state index is 0.0691. The third-order valence-electron chi connectivity index (χ3n) is 6.27. The van der Waals surface area contributed by atoms with Crippen molar-refractivity contribution in [2.24, 2.45) is 10.8 Å². The van der Waals surface area contributed by atoms with Crippen LogP contribution in [0.15, 0.2) is 23.7 Å². The third kappa shape index (κ3) is 4.45. The van der Waals surface area contributed by atoms with Gasteiger partial charge in [-0.3, -0.25) is 0 Å². The minimum Gasteiger partial charge on any atom is -0.500 e. The van der Waals surface area contributed by atoms with Crippen molar-refractivity contribution in [1.29, 1.82) is 0 Å². The highest BCUT2D eigenvalue weighted by Crippen LogP contribution is 2.52. The Morgan fingerprint density at radius 3 is 2.23 bits per heavy atom. The van der Waals surface area contributed by atoms with Gasteiger partial charge in [0.05, 0.1) is 19.6 Å². The summed E-state index contributed by atoms with van der Waals surface area (Å²) in [6.45, 7) is 9.06. The van der Waals surface area contributed by atoms with Crippen LogP contribution in [0.4, 0.5) is 0 Å². The zero-order valence-electron chi connectivity index (χ0n) is 17.9. The maximum Gasteiger partial charge on any atom is 0.106 e. The third-order valence-corrected chi connectivity index (χ3v) is 6.27. The summed E-state index contributed by atoms with van der Waals surface area (Å²) >= 11 is 0. The topological polar surface area (TPSA) is 24.9 Å². The molecule has 0 bridgehead atoms. The maximum absolute atomic E-state index is 5.98. The molecular formula is C22H40N2O2. The van der Waals surface area contributed by atoms with Crippen LogP contribution < -0.4 is 0 Å². The molecule has 0 amide bonds. The Balaban J connectivity index is 2.20. The van der Waals surface area contributed by atoms with Crippen LogP contribution in [0.2, 0.25) is 0 Å². The molecule has 0 aromatic carbocycles. The molecule has 150 valence electrons. The van der Waals surface area contributed by atoms with Crippen molar-refractivity contribution in [3.63, 3.8) is 0 Å². The van der Waals surface area contributed by atoms with Gasteiger partial charge in [0.25, 0.3) is 0 Å². The van der Waals surface area contributed by atoms with Crippen LogP contribution in [0.3, 0.4) is 0 Å². The zero-order chi connectivity index (χ0) is 19.2. The highest BCUT2D eigenvalue weighted by atomic mass is 16.5. The molecule has 26 heavy (non-hydrogen) atoms. The summed E-state index contributed by atoms with van der Waals surface area (Å²) in [7, 11) is 7.96. The predicted molar refractivity (Wildman–Crippen MR) is 109 cm³/mol. The molecule has 0 radical (unpaired) electrons. The van der Waals surface area contributed by atoms with Crippen molar-refractivity contribution >= 4 is 0 Å². The van der Waals surface area contributed by atoms with Gasteiger partial charge in [-0.2, -0.15) is 0 Å². The van der Waals surface area contributed by atoms with Gasteiger partial charge in [0.15, 0.2) is 0 Å². The van der Waals surface area contributed by atoms with E-state index in [0.29, 0.717) is 0 Å². The van der Waals surface area contributed by atoms with Gasteiger partial charge in [-0.15, -0.1) is 0 Å². The van der Waals surface area contributed by atoms with E-state index in [0.717, 1.165) is 50.4 Å². The van der Waals surface area contributed by atoms with E-state index in [2.05, 4.69) is 49.9 Å². The lowest BCUT2D eigenvalue weighted by atomic mass is 9.68. The van der Waals surface area contributed by atoms with E-state index in [-0.39, 0.29) is 10.8 Å². The molecule has 0 atom stereocenters. The summed E-state index contributed by atoms with van der Waals surface area (Å²) in [5.74, 6) is 2.26. The van der Waals surface area contributed by atoms with Gasteiger partial charge in [0.1, 0.15) is 11.5 Å². The lowest BCUT2D eigenvalue weighted by Crippen LogP contribution is -2.36. The summed E-state index contributed by atoms with van der Waals surface area (Å²) in [5, 5.41) is 0. The molecule has 2 aliphatic rings. The molecule has 2 rings (SSSR count).